The maximum Gasteiger partial charge on any atom is 0.148 e. The molecule has 0 aromatic carbocycles. The van der Waals surface area contributed by atoms with Crippen molar-refractivity contribution in [2.75, 3.05) is 0 Å². The molecule has 13 heavy (non-hydrogen) atoms. The highest BCUT2D eigenvalue weighted by molar-refractivity contribution is 6.16. The molecule has 0 bridgehead atoms. The van der Waals surface area contributed by atoms with E-state index in [0.717, 1.165) is 12.2 Å². The number of hydrogen-bond donors (Lipinski definition) is 0. The van der Waals surface area contributed by atoms with E-state index >= 15 is 0 Å². The molecule has 4 heteroatoms. The zero-order valence-electron chi connectivity index (χ0n) is 8.20. The second kappa shape index (κ2) is 5.22. The fourth-order valence-corrected chi connectivity index (χ4v) is 1.73. The monoisotopic (exact) mass is 201 g/mol. The van der Waals surface area contributed by atoms with Crippen LogP contribution in [-0.2, 0) is 5.88 Å². The minimum absolute atomic E-state index is 0.445. The first-order valence-corrected chi connectivity index (χ1v) is 5.31. The topological polar surface area (TPSA) is 30.7 Å². The summed E-state index contributed by atoms with van der Waals surface area (Å²) in [7, 11) is 0. The van der Waals surface area contributed by atoms with E-state index in [-0.39, 0.29) is 0 Å². The SMILES string of the molecule is CCCC(CC)n1cnnc1CCl. The van der Waals surface area contributed by atoms with Crippen molar-refractivity contribution < 1.29 is 0 Å². The third-order valence-corrected chi connectivity index (χ3v) is 2.49. The van der Waals surface area contributed by atoms with E-state index < -0.39 is 0 Å². The molecule has 1 atom stereocenters. The second-order valence-corrected chi connectivity index (χ2v) is 3.41. The molecule has 3 nitrogen and oxygen atoms in total. The molecule has 0 N–H and O–H groups in total. The first-order valence-electron chi connectivity index (χ1n) is 4.77. The highest BCUT2D eigenvalue weighted by atomic mass is 35.5. The summed E-state index contributed by atoms with van der Waals surface area (Å²) >= 11 is 5.75. The Hall–Kier alpha value is -0.570. The summed E-state index contributed by atoms with van der Waals surface area (Å²) in [5.74, 6) is 1.32. The third-order valence-electron chi connectivity index (χ3n) is 2.25. The minimum atomic E-state index is 0.445. The van der Waals surface area contributed by atoms with Gasteiger partial charge in [0.05, 0.1) is 5.88 Å². The number of hydrogen-bond acceptors (Lipinski definition) is 2. The average Bonchev–Trinajstić information content (AvgIpc) is 2.61. The van der Waals surface area contributed by atoms with Crippen LogP contribution in [0.25, 0.3) is 0 Å². The van der Waals surface area contributed by atoms with Crippen LogP contribution in [0.5, 0.6) is 0 Å². The van der Waals surface area contributed by atoms with Crippen molar-refractivity contribution in [1.29, 1.82) is 0 Å². The van der Waals surface area contributed by atoms with Gasteiger partial charge in [-0.25, -0.2) is 0 Å². The van der Waals surface area contributed by atoms with Crippen LogP contribution in [0.2, 0.25) is 0 Å². The Morgan fingerprint density at radius 2 is 2.31 bits per heavy atom. The molecule has 1 aromatic heterocycles. The lowest BCUT2D eigenvalue weighted by Crippen LogP contribution is -2.09. The molecule has 1 unspecified atom stereocenters. The maximum atomic E-state index is 5.75. The zero-order valence-corrected chi connectivity index (χ0v) is 8.96. The molecule has 1 heterocycles. The second-order valence-electron chi connectivity index (χ2n) is 3.14. The summed E-state index contributed by atoms with van der Waals surface area (Å²) in [6, 6.07) is 0.508. The highest BCUT2D eigenvalue weighted by Gasteiger charge is 2.11. The van der Waals surface area contributed by atoms with E-state index in [1.165, 1.54) is 12.8 Å². The van der Waals surface area contributed by atoms with Crippen LogP contribution in [0.3, 0.4) is 0 Å². The Labute approximate surface area is 84.1 Å². The van der Waals surface area contributed by atoms with Crippen molar-refractivity contribution in [1.82, 2.24) is 14.8 Å². The summed E-state index contributed by atoms with van der Waals surface area (Å²) in [5.41, 5.74) is 0. The lowest BCUT2D eigenvalue weighted by atomic mass is 10.1. The number of rotatable bonds is 5. The number of halogens is 1. The van der Waals surface area contributed by atoms with Gasteiger partial charge in [-0.1, -0.05) is 20.3 Å². The molecular formula is C9H16ClN3. The summed E-state index contributed by atoms with van der Waals surface area (Å²) < 4.78 is 2.09. The summed E-state index contributed by atoms with van der Waals surface area (Å²) in [6.07, 6.45) is 5.23. The molecule has 1 rings (SSSR count). The Morgan fingerprint density at radius 1 is 1.54 bits per heavy atom. The lowest BCUT2D eigenvalue weighted by Gasteiger charge is -2.16. The molecule has 0 saturated heterocycles. The molecule has 0 aliphatic heterocycles. The summed E-state index contributed by atoms with van der Waals surface area (Å²) in [6.45, 7) is 4.37. The number of nitrogens with zero attached hydrogens (tertiary/aromatic N) is 3. The summed E-state index contributed by atoms with van der Waals surface area (Å²) in [4.78, 5) is 0. The van der Waals surface area contributed by atoms with E-state index in [1.54, 1.807) is 6.33 Å². The Morgan fingerprint density at radius 3 is 2.85 bits per heavy atom. The maximum absolute atomic E-state index is 5.75. The van der Waals surface area contributed by atoms with Crippen LogP contribution >= 0.6 is 11.6 Å². The van der Waals surface area contributed by atoms with E-state index in [2.05, 4.69) is 28.6 Å². The molecule has 0 spiro atoms. The van der Waals surface area contributed by atoms with Gasteiger partial charge in [0.1, 0.15) is 12.2 Å². The lowest BCUT2D eigenvalue weighted by molar-refractivity contribution is 0.437. The van der Waals surface area contributed by atoms with Gasteiger partial charge in [0.2, 0.25) is 0 Å². The van der Waals surface area contributed by atoms with Crippen LogP contribution in [-0.4, -0.2) is 14.8 Å². The molecule has 74 valence electrons. The molecule has 1 aromatic rings. The van der Waals surface area contributed by atoms with Gasteiger partial charge in [-0.2, -0.15) is 0 Å². The van der Waals surface area contributed by atoms with Gasteiger partial charge in [-0.15, -0.1) is 21.8 Å². The van der Waals surface area contributed by atoms with Gasteiger partial charge in [0.15, 0.2) is 0 Å². The molecule has 0 aliphatic rings. The zero-order chi connectivity index (χ0) is 9.68. The largest absolute Gasteiger partial charge is 0.313 e. The predicted octanol–water partition coefficient (Wildman–Crippen LogP) is 2.77. The van der Waals surface area contributed by atoms with Gasteiger partial charge in [0, 0.05) is 6.04 Å². The molecule has 0 aliphatic carbocycles. The average molecular weight is 202 g/mol. The van der Waals surface area contributed by atoms with Crippen LogP contribution in [0.15, 0.2) is 6.33 Å². The molecule has 0 amide bonds. The first-order chi connectivity index (χ1) is 6.33. The van der Waals surface area contributed by atoms with E-state index in [9.17, 15) is 0 Å². The van der Waals surface area contributed by atoms with Crippen molar-refractivity contribution >= 4 is 11.6 Å². The van der Waals surface area contributed by atoms with Crippen LogP contribution in [0, 0.1) is 0 Å². The van der Waals surface area contributed by atoms with E-state index in [4.69, 9.17) is 11.6 Å². The molecule has 0 saturated carbocycles. The normalized spacial score (nSPS) is 13.2. The van der Waals surface area contributed by atoms with Crippen LogP contribution in [0.4, 0.5) is 0 Å². The van der Waals surface area contributed by atoms with E-state index in [0.29, 0.717) is 11.9 Å². The van der Waals surface area contributed by atoms with Gasteiger partial charge in [-0.05, 0) is 12.8 Å². The highest BCUT2D eigenvalue weighted by Crippen LogP contribution is 2.19. The van der Waals surface area contributed by atoms with Crippen molar-refractivity contribution in [2.24, 2.45) is 0 Å². The summed E-state index contributed by atoms with van der Waals surface area (Å²) in [5, 5.41) is 7.84. The smallest absolute Gasteiger partial charge is 0.148 e. The molecule has 0 radical (unpaired) electrons. The fraction of sp³-hybridized carbons (Fsp3) is 0.778. The molecular weight excluding hydrogens is 186 g/mol. The fourth-order valence-electron chi connectivity index (χ4n) is 1.54. The van der Waals surface area contributed by atoms with Gasteiger partial charge >= 0.3 is 0 Å². The Kier molecular flexibility index (Phi) is 4.22. The van der Waals surface area contributed by atoms with Crippen LogP contribution in [0.1, 0.15) is 45.0 Å². The third kappa shape index (κ3) is 2.44. The minimum Gasteiger partial charge on any atom is -0.313 e. The van der Waals surface area contributed by atoms with Crippen molar-refractivity contribution in [3.8, 4) is 0 Å². The Balaban J connectivity index is 2.77. The van der Waals surface area contributed by atoms with Crippen LogP contribution < -0.4 is 0 Å². The van der Waals surface area contributed by atoms with E-state index in [1.807, 2.05) is 0 Å². The van der Waals surface area contributed by atoms with Gasteiger partial charge in [0.25, 0.3) is 0 Å². The standard InChI is InChI=1S/C9H16ClN3/c1-3-5-8(4-2)13-7-11-12-9(13)6-10/h7-8H,3-6H2,1-2H3. The number of aromatic nitrogens is 3. The predicted molar refractivity (Wildman–Crippen MR) is 53.8 cm³/mol. The molecule has 0 fully saturated rings. The Bertz CT molecular complexity index is 247. The van der Waals surface area contributed by atoms with Crippen molar-refractivity contribution in [2.45, 2.75) is 45.0 Å². The van der Waals surface area contributed by atoms with Gasteiger partial charge in [-0.3, -0.25) is 0 Å². The first kappa shape index (κ1) is 10.5. The number of alkyl halides is 1. The van der Waals surface area contributed by atoms with Crippen molar-refractivity contribution in [3.05, 3.63) is 12.2 Å². The van der Waals surface area contributed by atoms with Gasteiger partial charge < -0.3 is 4.57 Å². The quantitative estimate of drug-likeness (QED) is 0.686. The van der Waals surface area contributed by atoms with Crippen molar-refractivity contribution in [3.63, 3.8) is 0 Å².